The van der Waals surface area contributed by atoms with Crippen molar-refractivity contribution in [3.63, 3.8) is 0 Å². The van der Waals surface area contributed by atoms with Crippen molar-refractivity contribution in [1.29, 1.82) is 0 Å². The van der Waals surface area contributed by atoms with Gasteiger partial charge in [-0.2, -0.15) is 0 Å². The summed E-state index contributed by atoms with van der Waals surface area (Å²) in [4.78, 5) is 17.4. The van der Waals surface area contributed by atoms with E-state index < -0.39 is 11.5 Å². The molecule has 2 aromatic carbocycles. The van der Waals surface area contributed by atoms with E-state index in [1.54, 1.807) is 0 Å². The first kappa shape index (κ1) is 29.0. The molecule has 5 nitrogen and oxygen atoms in total. The molecule has 6 heteroatoms. The van der Waals surface area contributed by atoms with Gasteiger partial charge in [-0.1, -0.05) is 55.8 Å². The van der Waals surface area contributed by atoms with Gasteiger partial charge in [0.2, 0.25) is 0 Å². The maximum absolute atomic E-state index is 12.7. The Bertz CT molecular complexity index is 1430. The molecule has 1 fully saturated rings. The van der Waals surface area contributed by atoms with Crippen LogP contribution in [0.25, 0.3) is 0 Å². The summed E-state index contributed by atoms with van der Waals surface area (Å²) in [6, 6.07) is 18.3. The molecule has 3 atom stereocenters. The molecule has 1 heterocycles. The maximum atomic E-state index is 12.7. The van der Waals surface area contributed by atoms with E-state index in [1.165, 1.54) is 35.2 Å². The molecule has 42 heavy (non-hydrogen) atoms. The second-order valence-corrected chi connectivity index (χ2v) is 13.5. The molecule has 1 aromatic heterocycles. The smallest absolute Gasteiger partial charge is 0.329 e. The van der Waals surface area contributed by atoms with E-state index in [4.69, 9.17) is 16.3 Å². The Labute approximate surface area is 255 Å². The summed E-state index contributed by atoms with van der Waals surface area (Å²) in [6.07, 6.45) is 11.4. The van der Waals surface area contributed by atoms with Gasteiger partial charge in [0, 0.05) is 28.2 Å². The number of halogens is 1. The third-order valence-electron chi connectivity index (χ3n) is 10.5. The number of benzene rings is 2. The minimum absolute atomic E-state index is 0.0110. The molecule has 2 N–H and O–H groups in total. The van der Waals surface area contributed by atoms with Crippen molar-refractivity contribution in [1.82, 2.24) is 4.98 Å². The number of carbonyl (C=O) groups is 1. The first-order valence-electron chi connectivity index (χ1n) is 15.8. The Balaban J connectivity index is 1.19. The number of carboxylic acids is 1. The molecular weight excluding hydrogens is 544 g/mol. The zero-order valence-electron chi connectivity index (χ0n) is 24.9. The number of aromatic nitrogens is 1. The minimum atomic E-state index is -0.997. The summed E-state index contributed by atoms with van der Waals surface area (Å²) in [5, 5.41) is 14.4. The van der Waals surface area contributed by atoms with Crippen LogP contribution in [0.3, 0.4) is 0 Å². The SMILES string of the molecule is CC[C@H]1CCCc2nccc(OC[C@H](C)C[C@H]3Cc4ccccc4C34CCC(Nc3cccc(Cl)c3)(C(=O)O)CC4)c21. The molecule has 0 amide bonds. The van der Waals surface area contributed by atoms with Crippen molar-refractivity contribution in [2.75, 3.05) is 11.9 Å². The summed E-state index contributed by atoms with van der Waals surface area (Å²) < 4.78 is 6.56. The normalized spacial score (nSPS) is 27.2. The van der Waals surface area contributed by atoms with Crippen LogP contribution in [0.2, 0.25) is 5.02 Å². The van der Waals surface area contributed by atoms with Gasteiger partial charge in [-0.3, -0.25) is 4.98 Å². The lowest BCUT2D eigenvalue weighted by Crippen LogP contribution is -2.53. The van der Waals surface area contributed by atoms with Crippen LogP contribution < -0.4 is 10.1 Å². The van der Waals surface area contributed by atoms with Crippen molar-refractivity contribution in [3.05, 3.63) is 88.2 Å². The van der Waals surface area contributed by atoms with Crippen LogP contribution in [-0.2, 0) is 23.1 Å². The summed E-state index contributed by atoms with van der Waals surface area (Å²) in [7, 11) is 0. The fraction of sp³-hybridized carbons (Fsp3) is 0.500. The predicted octanol–water partition coefficient (Wildman–Crippen LogP) is 8.59. The molecule has 0 bridgehead atoms. The molecule has 3 aromatic rings. The standard InChI is InChI=1S/C36H43ClN2O3/c1-3-25-9-6-13-31-33(25)32(14-19-38-31)42-23-24(2)20-27-21-26-8-4-5-12-30(26)35(27)15-17-36(18-16-35,34(40)41)39-29-11-7-10-28(37)22-29/h4-5,7-8,10-12,14,19,22,24-25,27,39H,3,6,9,13,15-18,20-21,23H2,1-2H3,(H,40,41)/t24-,25+,27+,35?,36?/m1/s1. The van der Waals surface area contributed by atoms with Crippen LogP contribution in [0.15, 0.2) is 60.8 Å². The second kappa shape index (κ2) is 11.9. The first-order chi connectivity index (χ1) is 20.3. The van der Waals surface area contributed by atoms with E-state index >= 15 is 0 Å². The Hall–Kier alpha value is -3.05. The lowest BCUT2D eigenvalue weighted by atomic mass is 9.59. The molecule has 3 aliphatic rings. The number of aliphatic carboxylic acids is 1. The van der Waals surface area contributed by atoms with Gasteiger partial charge in [0.1, 0.15) is 11.3 Å². The third kappa shape index (κ3) is 5.41. The number of hydrogen-bond acceptors (Lipinski definition) is 4. The Morgan fingerprint density at radius 2 is 1.95 bits per heavy atom. The van der Waals surface area contributed by atoms with Gasteiger partial charge in [-0.05, 0) is 123 Å². The van der Waals surface area contributed by atoms with Crippen LogP contribution in [0.1, 0.15) is 93.5 Å². The van der Waals surface area contributed by atoms with Crippen LogP contribution in [0, 0.1) is 11.8 Å². The maximum Gasteiger partial charge on any atom is 0.329 e. The fourth-order valence-corrected chi connectivity index (χ4v) is 8.51. The van der Waals surface area contributed by atoms with Crippen molar-refractivity contribution in [2.24, 2.45) is 11.8 Å². The highest BCUT2D eigenvalue weighted by Crippen LogP contribution is 2.56. The molecule has 0 aliphatic heterocycles. The lowest BCUT2D eigenvalue weighted by molar-refractivity contribution is -0.144. The number of fused-ring (bicyclic) bond motifs is 3. The lowest BCUT2D eigenvalue weighted by Gasteiger charge is -2.47. The largest absolute Gasteiger partial charge is 0.493 e. The van der Waals surface area contributed by atoms with Crippen molar-refractivity contribution in [2.45, 2.75) is 94.9 Å². The molecule has 222 valence electrons. The van der Waals surface area contributed by atoms with Gasteiger partial charge in [-0.15, -0.1) is 0 Å². The molecule has 0 saturated heterocycles. The highest BCUT2D eigenvalue weighted by molar-refractivity contribution is 6.30. The minimum Gasteiger partial charge on any atom is -0.493 e. The number of anilines is 1. The highest BCUT2D eigenvalue weighted by atomic mass is 35.5. The quantitative estimate of drug-likeness (QED) is 0.263. The summed E-state index contributed by atoms with van der Waals surface area (Å²) in [5.74, 6) is 1.62. The topological polar surface area (TPSA) is 71.5 Å². The number of rotatable bonds is 9. The van der Waals surface area contributed by atoms with E-state index in [9.17, 15) is 9.90 Å². The van der Waals surface area contributed by atoms with Gasteiger partial charge >= 0.3 is 5.97 Å². The van der Waals surface area contributed by atoms with Gasteiger partial charge in [0.25, 0.3) is 0 Å². The van der Waals surface area contributed by atoms with E-state index in [2.05, 4.69) is 54.5 Å². The van der Waals surface area contributed by atoms with Crippen molar-refractivity contribution >= 4 is 23.3 Å². The molecule has 3 aliphatic carbocycles. The van der Waals surface area contributed by atoms with E-state index in [-0.39, 0.29) is 5.41 Å². The molecule has 0 radical (unpaired) electrons. The second-order valence-electron chi connectivity index (χ2n) is 13.1. The van der Waals surface area contributed by atoms with Crippen LogP contribution in [0.5, 0.6) is 5.75 Å². The average Bonchev–Trinajstić information content (AvgIpc) is 3.29. The van der Waals surface area contributed by atoms with Gasteiger partial charge < -0.3 is 15.2 Å². The highest BCUT2D eigenvalue weighted by Gasteiger charge is 2.54. The van der Waals surface area contributed by atoms with E-state index in [0.29, 0.717) is 42.2 Å². The zero-order valence-corrected chi connectivity index (χ0v) is 25.6. The molecule has 0 unspecified atom stereocenters. The fourth-order valence-electron chi connectivity index (χ4n) is 8.32. The summed E-state index contributed by atoms with van der Waals surface area (Å²) >= 11 is 6.22. The third-order valence-corrected chi connectivity index (χ3v) is 10.8. The number of hydrogen-bond donors (Lipinski definition) is 2. The monoisotopic (exact) mass is 586 g/mol. The van der Waals surface area contributed by atoms with Gasteiger partial charge in [0.15, 0.2) is 0 Å². The van der Waals surface area contributed by atoms with E-state index in [1.807, 2.05) is 30.5 Å². The van der Waals surface area contributed by atoms with Crippen LogP contribution in [0.4, 0.5) is 5.69 Å². The summed E-state index contributed by atoms with van der Waals surface area (Å²) in [6.45, 7) is 5.27. The number of nitrogens with zero attached hydrogens (tertiary/aromatic N) is 1. The molecule has 6 rings (SSSR count). The Morgan fingerprint density at radius 3 is 2.71 bits per heavy atom. The van der Waals surface area contributed by atoms with E-state index in [0.717, 1.165) is 50.0 Å². The summed E-state index contributed by atoms with van der Waals surface area (Å²) in [5.41, 5.74) is 5.17. The number of carboxylic acid groups (broad SMARTS) is 1. The van der Waals surface area contributed by atoms with Crippen LogP contribution in [-0.4, -0.2) is 28.2 Å². The van der Waals surface area contributed by atoms with Gasteiger partial charge in [0.05, 0.1) is 6.61 Å². The molecule has 1 saturated carbocycles. The molecule has 1 spiro atoms. The predicted molar refractivity (Wildman–Crippen MR) is 169 cm³/mol. The Kier molecular flexibility index (Phi) is 8.24. The van der Waals surface area contributed by atoms with Crippen molar-refractivity contribution < 1.29 is 14.6 Å². The number of nitrogens with one attached hydrogen (secondary N) is 1. The Morgan fingerprint density at radius 1 is 1.14 bits per heavy atom. The number of aryl methyl sites for hydroxylation is 1. The zero-order chi connectivity index (χ0) is 29.3. The van der Waals surface area contributed by atoms with Crippen LogP contribution >= 0.6 is 11.6 Å². The van der Waals surface area contributed by atoms with Gasteiger partial charge in [-0.25, -0.2) is 4.79 Å². The molecular formula is C36H43ClN2O3. The van der Waals surface area contributed by atoms with Crippen molar-refractivity contribution in [3.8, 4) is 5.75 Å². The average molecular weight is 587 g/mol. The first-order valence-corrected chi connectivity index (χ1v) is 16.2. The number of ether oxygens (including phenoxy) is 1. The number of pyridine rings is 1.